The lowest BCUT2D eigenvalue weighted by atomic mass is 10.1. The number of aromatic nitrogens is 1. The number of rotatable bonds is 2. The molecule has 5 heteroatoms. The highest BCUT2D eigenvalue weighted by Crippen LogP contribution is 2.30. The van der Waals surface area contributed by atoms with E-state index in [1.165, 1.54) is 37.2 Å². The fourth-order valence-electron chi connectivity index (χ4n) is 2.65. The van der Waals surface area contributed by atoms with Gasteiger partial charge in [0.25, 0.3) is 5.56 Å². The Balaban J connectivity index is 1.95. The summed E-state index contributed by atoms with van der Waals surface area (Å²) < 4.78 is 3.52. The van der Waals surface area contributed by atoms with Crippen LogP contribution in [0.2, 0.25) is 0 Å². The second-order valence-corrected chi connectivity index (χ2v) is 7.18. The van der Waals surface area contributed by atoms with Gasteiger partial charge in [-0.15, -0.1) is 11.3 Å². The van der Waals surface area contributed by atoms with Crippen LogP contribution in [0.4, 0.5) is 0 Å². The quantitative estimate of drug-likeness (QED) is 0.837. The molecule has 0 N–H and O–H groups in total. The van der Waals surface area contributed by atoms with E-state index in [0.717, 1.165) is 21.1 Å². The Morgan fingerprint density at radius 1 is 1.32 bits per heavy atom. The maximum atomic E-state index is 12.1. The molecule has 0 atom stereocenters. The van der Waals surface area contributed by atoms with Gasteiger partial charge in [0.1, 0.15) is 4.70 Å². The number of pyridine rings is 1. The van der Waals surface area contributed by atoms with Gasteiger partial charge in [0, 0.05) is 34.5 Å². The molecule has 0 bridgehead atoms. The lowest BCUT2D eigenvalue weighted by molar-refractivity contribution is 0.223. The largest absolute Gasteiger partial charge is 0.316 e. The molecule has 1 fully saturated rings. The van der Waals surface area contributed by atoms with Gasteiger partial charge in [-0.25, -0.2) is 0 Å². The number of thiophene rings is 1. The normalized spacial score (nSPS) is 17.2. The Hall–Kier alpha value is -0.650. The molecule has 2 aromatic rings. The average molecular weight is 341 g/mol. The molecule has 0 aliphatic carbocycles. The lowest BCUT2D eigenvalue weighted by Crippen LogP contribution is -2.28. The Morgan fingerprint density at radius 3 is 2.79 bits per heavy atom. The van der Waals surface area contributed by atoms with Crippen molar-refractivity contribution in [3.63, 3.8) is 0 Å². The summed E-state index contributed by atoms with van der Waals surface area (Å²) in [6.45, 7) is 3.36. The summed E-state index contributed by atoms with van der Waals surface area (Å²) in [7, 11) is 1.80. The third-order valence-electron chi connectivity index (χ3n) is 3.69. The highest BCUT2D eigenvalue weighted by Gasteiger charge is 2.14. The summed E-state index contributed by atoms with van der Waals surface area (Å²) in [5, 5.41) is 1.06. The van der Waals surface area contributed by atoms with Crippen LogP contribution in [0.15, 0.2) is 21.5 Å². The SMILES string of the molecule is Cn1cc(Br)c2cc(CN3CCCCC3)sc2c1=O. The van der Waals surface area contributed by atoms with E-state index in [1.54, 1.807) is 23.0 Å². The van der Waals surface area contributed by atoms with Crippen LogP contribution in [-0.2, 0) is 13.6 Å². The molecular weight excluding hydrogens is 324 g/mol. The highest BCUT2D eigenvalue weighted by molar-refractivity contribution is 9.10. The number of likely N-dealkylation sites (tertiary alicyclic amines) is 1. The third-order valence-corrected chi connectivity index (χ3v) is 5.43. The van der Waals surface area contributed by atoms with E-state index >= 15 is 0 Å². The highest BCUT2D eigenvalue weighted by atomic mass is 79.9. The molecule has 2 aromatic heterocycles. The van der Waals surface area contributed by atoms with E-state index < -0.39 is 0 Å². The van der Waals surface area contributed by atoms with Crippen molar-refractivity contribution in [3.8, 4) is 0 Å². The zero-order valence-electron chi connectivity index (χ0n) is 11.0. The molecule has 0 saturated carbocycles. The Morgan fingerprint density at radius 2 is 2.05 bits per heavy atom. The Labute approximate surface area is 125 Å². The number of piperidine rings is 1. The molecule has 0 aromatic carbocycles. The second-order valence-electron chi connectivity index (χ2n) is 5.19. The van der Waals surface area contributed by atoms with Crippen LogP contribution >= 0.6 is 27.3 Å². The van der Waals surface area contributed by atoms with Gasteiger partial charge in [-0.3, -0.25) is 9.69 Å². The predicted molar refractivity (Wildman–Crippen MR) is 83.9 cm³/mol. The first-order chi connectivity index (χ1) is 9.15. The Bertz CT molecular complexity index is 655. The molecule has 3 rings (SSSR count). The first kappa shape index (κ1) is 13.3. The molecule has 1 aliphatic rings. The van der Waals surface area contributed by atoms with Crippen molar-refractivity contribution in [2.45, 2.75) is 25.8 Å². The number of hydrogen-bond donors (Lipinski definition) is 0. The van der Waals surface area contributed by atoms with Crippen LogP contribution in [0.3, 0.4) is 0 Å². The van der Waals surface area contributed by atoms with E-state index in [-0.39, 0.29) is 5.56 Å². The summed E-state index contributed by atoms with van der Waals surface area (Å²) in [4.78, 5) is 15.9. The van der Waals surface area contributed by atoms with Crippen LogP contribution in [-0.4, -0.2) is 22.6 Å². The van der Waals surface area contributed by atoms with Crippen molar-refractivity contribution in [3.05, 3.63) is 32.0 Å². The fourth-order valence-corrected chi connectivity index (χ4v) is 4.60. The third kappa shape index (κ3) is 2.64. The predicted octanol–water partition coefficient (Wildman–Crippen LogP) is 3.35. The first-order valence-corrected chi connectivity index (χ1v) is 8.26. The smallest absolute Gasteiger partial charge is 0.268 e. The van der Waals surface area contributed by atoms with Gasteiger partial charge in [0.15, 0.2) is 0 Å². The molecule has 3 heterocycles. The molecule has 1 saturated heterocycles. The summed E-state index contributed by atoms with van der Waals surface area (Å²) in [5.74, 6) is 0. The van der Waals surface area contributed by atoms with Gasteiger partial charge in [0.05, 0.1) is 0 Å². The zero-order valence-corrected chi connectivity index (χ0v) is 13.4. The number of aryl methyl sites for hydroxylation is 1. The van der Waals surface area contributed by atoms with Gasteiger partial charge in [-0.2, -0.15) is 0 Å². The van der Waals surface area contributed by atoms with E-state index in [2.05, 4.69) is 26.9 Å². The topological polar surface area (TPSA) is 25.2 Å². The van der Waals surface area contributed by atoms with E-state index in [9.17, 15) is 4.79 Å². The van der Waals surface area contributed by atoms with Crippen molar-refractivity contribution in [2.75, 3.05) is 13.1 Å². The number of halogens is 1. The summed E-state index contributed by atoms with van der Waals surface area (Å²) >= 11 is 5.19. The minimum Gasteiger partial charge on any atom is -0.316 e. The number of hydrogen-bond acceptors (Lipinski definition) is 3. The molecule has 1 aliphatic heterocycles. The fraction of sp³-hybridized carbons (Fsp3) is 0.500. The first-order valence-electron chi connectivity index (χ1n) is 6.65. The molecule has 0 radical (unpaired) electrons. The number of nitrogens with zero attached hydrogens (tertiary/aromatic N) is 2. The summed E-state index contributed by atoms with van der Waals surface area (Å²) in [6, 6.07) is 2.17. The summed E-state index contributed by atoms with van der Waals surface area (Å²) in [5.41, 5.74) is 0.105. The van der Waals surface area contributed by atoms with Crippen molar-refractivity contribution in [1.82, 2.24) is 9.47 Å². The van der Waals surface area contributed by atoms with Gasteiger partial charge in [0.2, 0.25) is 0 Å². The minimum absolute atomic E-state index is 0.105. The van der Waals surface area contributed by atoms with Gasteiger partial charge in [-0.05, 0) is 47.9 Å². The zero-order chi connectivity index (χ0) is 13.4. The van der Waals surface area contributed by atoms with Crippen LogP contribution in [0.25, 0.3) is 10.1 Å². The van der Waals surface area contributed by atoms with Crippen LogP contribution < -0.4 is 5.56 Å². The second kappa shape index (κ2) is 5.38. The maximum absolute atomic E-state index is 12.1. The van der Waals surface area contributed by atoms with Crippen LogP contribution in [0, 0.1) is 0 Å². The van der Waals surface area contributed by atoms with Crippen molar-refractivity contribution >= 4 is 37.4 Å². The van der Waals surface area contributed by atoms with E-state index in [1.807, 2.05) is 6.20 Å². The molecule has 19 heavy (non-hydrogen) atoms. The Kier molecular flexibility index (Phi) is 3.78. The van der Waals surface area contributed by atoms with E-state index in [4.69, 9.17) is 0 Å². The van der Waals surface area contributed by atoms with Crippen molar-refractivity contribution in [1.29, 1.82) is 0 Å². The standard InChI is InChI=1S/C14H17BrN2OS/c1-16-9-12(15)11-7-10(19-13(11)14(16)18)8-17-5-3-2-4-6-17/h7,9H,2-6,8H2,1H3. The van der Waals surface area contributed by atoms with Gasteiger partial charge in [-0.1, -0.05) is 6.42 Å². The molecule has 102 valence electrons. The van der Waals surface area contributed by atoms with Crippen molar-refractivity contribution < 1.29 is 0 Å². The van der Waals surface area contributed by atoms with E-state index in [0.29, 0.717) is 0 Å². The van der Waals surface area contributed by atoms with Crippen molar-refractivity contribution in [2.24, 2.45) is 7.05 Å². The van der Waals surface area contributed by atoms with Crippen LogP contribution in [0.1, 0.15) is 24.1 Å². The molecular formula is C14H17BrN2OS. The number of fused-ring (bicyclic) bond motifs is 1. The summed E-state index contributed by atoms with van der Waals surface area (Å²) in [6.07, 6.45) is 5.81. The molecule has 0 unspecified atom stereocenters. The van der Waals surface area contributed by atoms with Crippen LogP contribution in [0.5, 0.6) is 0 Å². The van der Waals surface area contributed by atoms with Gasteiger partial charge >= 0.3 is 0 Å². The molecule has 0 amide bonds. The maximum Gasteiger partial charge on any atom is 0.268 e. The monoisotopic (exact) mass is 340 g/mol. The molecule has 0 spiro atoms. The average Bonchev–Trinajstić information content (AvgIpc) is 2.82. The van der Waals surface area contributed by atoms with Gasteiger partial charge < -0.3 is 4.57 Å². The lowest BCUT2D eigenvalue weighted by Gasteiger charge is -2.25. The minimum atomic E-state index is 0.105. The molecule has 3 nitrogen and oxygen atoms in total.